The van der Waals surface area contributed by atoms with Crippen LogP contribution in [0.2, 0.25) is 0 Å². The first-order valence-electron chi connectivity index (χ1n) is 9.30. The summed E-state index contributed by atoms with van der Waals surface area (Å²) in [6.45, 7) is 8.80. The second-order valence-electron chi connectivity index (χ2n) is 6.91. The molecule has 0 aliphatic carbocycles. The van der Waals surface area contributed by atoms with E-state index in [1.165, 1.54) is 11.0 Å². The number of carbonyl (C=O) groups is 2. The highest BCUT2D eigenvalue weighted by Gasteiger charge is 2.33. The fourth-order valence-corrected chi connectivity index (χ4v) is 3.63. The Morgan fingerprint density at radius 3 is 2.71 bits per heavy atom. The van der Waals surface area contributed by atoms with Crippen molar-refractivity contribution in [1.82, 2.24) is 19.6 Å². The van der Waals surface area contributed by atoms with Gasteiger partial charge in [0.25, 0.3) is 0 Å². The molecule has 0 bridgehead atoms. The van der Waals surface area contributed by atoms with Crippen molar-refractivity contribution in [2.24, 2.45) is 0 Å². The molecule has 2 amide bonds. The first-order chi connectivity index (χ1) is 13.4. The lowest BCUT2D eigenvalue weighted by Gasteiger charge is -2.36. The summed E-state index contributed by atoms with van der Waals surface area (Å²) >= 11 is 0. The highest BCUT2D eigenvalue weighted by molar-refractivity contribution is 5.90. The monoisotopic (exact) mass is 382 g/mol. The molecule has 1 aromatic carbocycles. The number of ether oxygens (including phenoxy) is 1. The fraction of sp³-hybridized carbons (Fsp3) is 0.381. The molecule has 0 radical (unpaired) electrons. The minimum atomic E-state index is -0.276. The van der Waals surface area contributed by atoms with E-state index in [1.54, 1.807) is 11.9 Å². The summed E-state index contributed by atoms with van der Waals surface area (Å²) in [7, 11) is 1.60. The van der Waals surface area contributed by atoms with E-state index < -0.39 is 0 Å². The summed E-state index contributed by atoms with van der Waals surface area (Å²) in [5.41, 5.74) is 3.81. The number of para-hydroxylation sites is 1. The number of carbonyl (C=O) groups excluding carboxylic acids is 2. The summed E-state index contributed by atoms with van der Waals surface area (Å²) in [6, 6.07) is 9.67. The van der Waals surface area contributed by atoms with Crippen molar-refractivity contribution in [2.75, 3.05) is 33.4 Å². The van der Waals surface area contributed by atoms with Crippen LogP contribution in [0.4, 0.5) is 0 Å². The van der Waals surface area contributed by atoms with Crippen LogP contribution in [0, 0.1) is 13.8 Å². The van der Waals surface area contributed by atoms with Crippen molar-refractivity contribution in [3.8, 4) is 5.69 Å². The number of benzene rings is 1. The maximum atomic E-state index is 12.9. The molecule has 0 saturated carbocycles. The predicted octanol–water partition coefficient (Wildman–Crippen LogP) is 2.03. The largest absolute Gasteiger partial charge is 0.377 e. The number of rotatable bonds is 5. The topological polar surface area (TPSA) is 67.7 Å². The average molecular weight is 382 g/mol. The van der Waals surface area contributed by atoms with Gasteiger partial charge in [0.05, 0.1) is 37.2 Å². The Kier molecular flexibility index (Phi) is 5.94. The predicted molar refractivity (Wildman–Crippen MR) is 106 cm³/mol. The highest BCUT2D eigenvalue weighted by Crippen LogP contribution is 2.30. The maximum Gasteiger partial charge on any atom is 0.246 e. The zero-order chi connectivity index (χ0) is 20.3. The van der Waals surface area contributed by atoms with Crippen LogP contribution in [-0.4, -0.2) is 64.7 Å². The van der Waals surface area contributed by atoms with Gasteiger partial charge >= 0.3 is 0 Å². The minimum Gasteiger partial charge on any atom is -0.377 e. The van der Waals surface area contributed by atoms with Gasteiger partial charge in [-0.05, 0) is 32.1 Å². The molecule has 7 heteroatoms. The number of likely N-dealkylation sites (N-methyl/N-ethyl adjacent to an activating group) is 1. The Morgan fingerprint density at radius 2 is 2.04 bits per heavy atom. The first kappa shape index (κ1) is 19.8. The molecule has 2 aromatic rings. The van der Waals surface area contributed by atoms with E-state index in [0.717, 1.165) is 22.6 Å². The number of aryl methyl sites for hydroxylation is 1. The third-order valence-electron chi connectivity index (χ3n) is 5.05. The number of hydrogen-bond acceptors (Lipinski definition) is 4. The molecule has 1 unspecified atom stereocenters. The molecule has 2 heterocycles. The van der Waals surface area contributed by atoms with E-state index in [1.807, 2.05) is 48.9 Å². The highest BCUT2D eigenvalue weighted by atomic mass is 16.5. The number of morpholine rings is 1. The standard InChI is InChI=1S/C21H26N4O3/c1-5-19(26)23(4)13-20(27)24-11-12-28-14-18(24)21-15(2)22-25(16(21)3)17-9-7-6-8-10-17/h5-10,18H,1,11-14H2,2-4H3. The first-order valence-corrected chi connectivity index (χ1v) is 9.30. The Bertz CT molecular complexity index is 875. The van der Waals surface area contributed by atoms with Gasteiger partial charge in [0.15, 0.2) is 0 Å². The fourth-order valence-electron chi connectivity index (χ4n) is 3.63. The lowest BCUT2D eigenvalue weighted by atomic mass is 10.0. The number of amides is 2. The van der Waals surface area contributed by atoms with Gasteiger partial charge in [0.2, 0.25) is 11.8 Å². The molecular weight excluding hydrogens is 356 g/mol. The molecule has 7 nitrogen and oxygen atoms in total. The van der Waals surface area contributed by atoms with E-state index in [0.29, 0.717) is 19.8 Å². The SMILES string of the molecule is C=CC(=O)N(C)CC(=O)N1CCOCC1c1c(C)nn(-c2ccccc2)c1C. The normalized spacial score (nSPS) is 16.7. The van der Waals surface area contributed by atoms with Gasteiger partial charge in [-0.2, -0.15) is 5.10 Å². The average Bonchev–Trinajstić information content (AvgIpc) is 3.01. The minimum absolute atomic E-state index is 0.00622. The second kappa shape index (κ2) is 8.39. The van der Waals surface area contributed by atoms with Gasteiger partial charge in [0, 0.05) is 24.8 Å². The lowest BCUT2D eigenvalue weighted by Crippen LogP contribution is -2.48. The Labute approximate surface area is 165 Å². The van der Waals surface area contributed by atoms with Crippen LogP contribution in [0.1, 0.15) is 23.0 Å². The Balaban J connectivity index is 1.90. The van der Waals surface area contributed by atoms with Crippen LogP contribution in [0.5, 0.6) is 0 Å². The van der Waals surface area contributed by atoms with Crippen LogP contribution in [-0.2, 0) is 14.3 Å². The van der Waals surface area contributed by atoms with Gasteiger partial charge in [-0.25, -0.2) is 4.68 Å². The molecule has 1 aromatic heterocycles. The van der Waals surface area contributed by atoms with Crippen LogP contribution in [0.25, 0.3) is 5.69 Å². The second-order valence-corrected chi connectivity index (χ2v) is 6.91. The number of aromatic nitrogens is 2. The Hall–Kier alpha value is -2.93. The van der Waals surface area contributed by atoms with Crippen molar-refractivity contribution in [1.29, 1.82) is 0 Å². The molecule has 0 N–H and O–H groups in total. The summed E-state index contributed by atoms with van der Waals surface area (Å²) < 4.78 is 7.59. The molecule has 1 aliphatic rings. The number of hydrogen-bond donors (Lipinski definition) is 0. The summed E-state index contributed by atoms with van der Waals surface area (Å²) in [4.78, 5) is 27.8. The number of nitrogens with zero attached hydrogens (tertiary/aromatic N) is 4. The van der Waals surface area contributed by atoms with Gasteiger partial charge in [0.1, 0.15) is 0 Å². The van der Waals surface area contributed by atoms with E-state index in [2.05, 4.69) is 6.58 Å². The summed E-state index contributed by atoms with van der Waals surface area (Å²) in [5, 5.41) is 4.70. The summed E-state index contributed by atoms with van der Waals surface area (Å²) in [6.07, 6.45) is 1.21. The third kappa shape index (κ3) is 3.84. The molecule has 1 saturated heterocycles. The van der Waals surface area contributed by atoms with Crippen LogP contribution >= 0.6 is 0 Å². The van der Waals surface area contributed by atoms with E-state index in [4.69, 9.17) is 9.84 Å². The molecule has 1 aliphatic heterocycles. The van der Waals surface area contributed by atoms with Crippen molar-refractivity contribution in [3.05, 3.63) is 59.9 Å². The third-order valence-corrected chi connectivity index (χ3v) is 5.05. The van der Waals surface area contributed by atoms with Crippen molar-refractivity contribution >= 4 is 11.8 Å². The van der Waals surface area contributed by atoms with Gasteiger partial charge in [-0.1, -0.05) is 24.8 Å². The molecule has 148 valence electrons. The maximum absolute atomic E-state index is 12.9. The zero-order valence-corrected chi connectivity index (χ0v) is 16.6. The smallest absolute Gasteiger partial charge is 0.246 e. The van der Waals surface area contributed by atoms with Crippen LogP contribution in [0.3, 0.4) is 0 Å². The van der Waals surface area contributed by atoms with E-state index in [-0.39, 0.29) is 24.4 Å². The quantitative estimate of drug-likeness (QED) is 0.742. The Morgan fingerprint density at radius 1 is 1.32 bits per heavy atom. The van der Waals surface area contributed by atoms with Crippen molar-refractivity contribution in [3.63, 3.8) is 0 Å². The van der Waals surface area contributed by atoms with Gasteiger partial charge in [-0.3, -0.25) is 9.59 Å². The lowest BCUT2D eigenvalue weighted by molar-refractivity contribution is -0.144. The van der Waals surface area contributed by atoms with Gasteiger partial charge < -0.3 is 14.5 Å². The van der Waals surface area contributed by atoms with Crippen molar-refractivity contribution in [2.45, 2.75) is 19.9 Å². The molecule has 28 heavy (non-hydrogen) atoms. The molecule has 0 spiro atoms. The molecule has 1 atom stereocenters. The van der Waals surface area contributed by atoms with Crippen molar-refractivity contribution < 1.29 is 14.3 Å². The van der Waals surface area contributed by atoms with Crippen LogP contribution in [0.15, 0.2) is 43.0 Å². The van der Waals surface area contributed by atoms with E-state index >= 15 is 0 Å². The molecule has 3 rings (SSSR count). The van der Waals surface area contributed by atoms with Gasteiger partial charge in [-0.15, -0.1) is 0 Å². The van der Waals surface area contributed by atoms with Crippen LogP contribution < -0.4 is 0 Å². The zero-order valence-electron chi connectivity index (χ0n) is 16.6. The summed E-state index contributed by atoms with van der Waals surface area (Å²) in [5.74, 6) is -0.389. The molecular formula is C21H26N4O3. The molecule has 1 fully saturated rings. The van der Waals surface area contributed by atoms with E-state index in [9.17, 15) is 9.59 Å².